The van der Waals surface area contributed by atoms with Gasteiger partial charge in [0.15, 0.2) is 18.3 Å². The molecule has 4 nitrogen and oxygen atoms in total. The molecule has 0 aliphatic carbocycles. The Kier molecular flexibility index (Phi) is 4.02. The summed E-state index contributed by atoms with van der Waals surface area (Å²) in [5.41, 5.74) is 4.46. The van der Waals surface area contributed by atoms with E-state index in [-0.39, 0.29) is 6.79 Å². The van der Waals surface area contributed by atoms with E-state index in [1.165, 1.54) is 11.1 Å². The maximum absolute atomic E-state index is 5.70. The van der Waals surface area contributed by atoms with Gasteiger partial charge in [0.25, 0.3) is 0 Å². The molecule has 0 unspecified atom stereocenters. The molecule has 0 atom stereocenters. The number of aryl methyl sites for hydroxylation is 1. The predicted octanol–water partition coefficient (Wildman–Crippen LogP) is 4.13. The molecule has 22 heavy (non-hydrogen) atoms. The molecule has 0 aliphatic rings. The third-order valence-corrected chi connectivity index (χ3v) is 3.69. The van der Waals surface area contributed by atoms with Gasteiger partial charge in [0.1, 0.15) is 0 Å². The molecular weight excluding hydrogens is 278 g/mol. The van der Waals surface area contributed by atoms with Gasteiger partial charge in [0.05, 0.1) is 7.11 Å². The van der Waals surface area contributed by atoms with Crippen LogP contribution < -0.4 is 9.47 Å². The standard InChI is InChI=1S/C18H19NO3/c1-12-6-4-5-7-13(12)16-10-14-15(19-16)8-9-17(21-3)18(14)22-11-20-2/h4-10,19H,11H2,1-3H3. The number of aromatic nitrogens is 1. The molecule has 4 heteroatoms. The highest BCUT2D eigenvalue weighted by Gasteiger charge is 2.14. The van der Waals surface area contributed by atoms with Crippen LogP contribution >= 0.6 is 0 Å². The molecule has 0 fully saturated rings. The second kappa shape index (κ2) is 6.12. The fraction of sp³-hybridized carbons (Fsp3) is 0.222. The number of hydrogen-bond donors (Lipinski definition) is 1. The Bertz CT molecular complexity index is 792. The average Bonchev–Trinajstić information content (AvgIpc) is 2.97. The third kappa shape index (κ3) is 2.53. The fourth-order valence-electron chi connectivity index (χ4n) is 2.60. The van der Waals surface area contributed by atoms with E-state index in [1.54, 1.807) is 14.2 Å². The van der Waals surface area contributed by atoms with Crippen molar-refractivity contribution in [2.75, 3.05) is 21.0 Å². The van der Waals surface area contributed by atoms with Crippen molar-refractivity contribution in [1.29, 1.82) is 0 Å². The molecule has 0 saturated carbocycles. The van der Waals surface area contributed by atoms with Crippen LogP contribution in [0.25, 0.3) is 22.2 Å². The lowest BCUT2D eigenvalue weighted by atomic mass is 10.1. The zero-order chi connectivity index (χ0) is 15.5. The number of rotatable bonds is 5. The monoisotopic (exact) mass is 297 g/mol. The van der Waals surface area contributed by atoms with E-state index in [9.17, 15) is 0 Å². The number of aromatic amines is 1. The topological polar surface area (TPSA) is 43.5 Å². The highest BCUT2D eigenvalue weighted by molar-refractivity contribution is 5.93. The molecule has 3 rings (SSSR count). The van der Waals surface area contributed by atoms with Gasteiger partial charge in [-0.25, -0.2) is 0 Å². The lowest BCUT2D eigenvalue weighted by Gasteiger charge is -2.10. The second-order valence-corrected chi connectivity index (χ2v) is 5.11. The summed E-state index contributed by atoms with van der Waals surface area (Å²) in [6.07, 6.45) is 0. The van der Waals surface area contributed by atoms with Crippen LogP contribution in [-0.2, 0) is 4.74 Å². The molecule has 0 amide bonds. The van der Waals surface area contributed by atoms with Gasteiger partial charge in [-0.15, -0.1) is 0 Å². The van der Waals surface area contributed by atoms with Crippen LogP contribution in [0.3, 0.4) is 0 Å². The van der Waals surface area contributed by atoms with Gasteiger partial charge in [-0.1, -0.05) is 24.3 Å². The molecule has 0 bridgehead atoms. The lowest BCUT2D eigenvalue weighted by Crippen LogP contribution is -2.00. The number of H-pyrrole nitrogens is 1. The molecule has 0 saturated heterocycles. The van der Waals surface area contributed by atoms with Crippen LogP contribution in [0.1, 0.15) is 5.56 Å². The molecule has 0 spiro atoms. The van der Waals surface area contributed by atoms with Crippen molar-refractivity contribution >= 4 is 10.9 Å². The van der Waals surface area contributed by atoms with Gasteiger partial charge in [-0.2, -0.15) is 0 Å². The smallest absolute Gasteiger partial charge is 0.188 e. The Labute approximate surface area is 129 Å². The van der Waals surface area contributed by atoms with Crippen molar-refractivity contribution in [1.82, 2.24) is 4.98 Å². The van der Waals surface area contributed by atoms with Gasteiger partial charge in [-0.05, 0) is 30.7 Å². The minimum absolute atomic E-state index is 0.181. The first-order valence-electron chi connectivity index (χ1n) is 7.12. The zero-order valence-electron chi connectivity index (χ0n) is 13.0. The summed E-state index contributed by atoms with van der Waals surface area (Å²) in [4.78, 5) is 3.44. The molecule has 1 heterocycles. The summed E-state index contributed by atoms with van der Waals surface area (Å²) in [6, 6.07) is 14.3. The van der Waals surface area contributed by atoms with E-state index in [4.69, 9.17) is 14.2 Å². The molecule has 2 aromatic carbocycles. The molecule has 114 valence electrons. The highest BCUT2D eigenvalue weighted by Crippen LogP contribution is 2.38. The normalized spacial score (nSPS) is 10.9. The van der Waals surface area contributed by atoms with Gasteiger partial charge < -0.3 is 19.2 Å². The van der Waals surface area contributed by atoms with Crippen molar-refractivity contribution in [3.05, 3.63) is 48.0 Å². The number of ether oxygens (including phenoxy) is 3. The lowest BCUT2D eigenvalue weighted by molar-refractivity contribution is 0.0503. The van der Waals surface area contributed by atoms with Crippen molar-refractivity contribution in [3.63, 3.8) is 0 Å². The first-order chi connectivity index (χ1) is 10.7. The number of fused-ring (bicyclic) bond motifs is 1. The van der Waals surface area contributed by atoms with Crippen LogP contribution in [0, 0.1) is 6.92 Å². The van der Waals surface area contributed by atoms with Gasteiger partial charge in [0, 0.05) is 29.3 Å². The summed E-state index contributed by atoms with van der Waals surface area (Å²) < 4.78 is 16.1. The van der Waals surface area contributed by atoms with Crippen molar-refractivity contribution in [3.8, 4) is 22.8 Å². The number of nitrogens with one attached hydrogen (secondary N) is 1. The van der Waals surface area contributed by atoms with Gasteiger partial charge in [-0.3, -0.25) is 0 Å². The quantitative estimate of drug-likeness (QED) is 0.720. The van der Waals surface area contributed by atoms with Crippen LogP contribution in [0.2, 0.25) is 0 Å². The van der Waals surface area contributed by atoms with E-state index in [0.717, 1.165) is 16.6 Å². The maximum atomic E-state index is 5.70. The highest BCUT2D eigenvalue weighted by atomic mass is 16.7. The first kappa shape index (κ1) is 14.5. The summed E-state index contributed by atoms with van der Waals surface area (Å²) in [5.74, 6) is 1.39. The number of hydrogen-bond acceptors (Lipinski definition) is 3. The summed E-state index contributed by atoms with van der Waals surface area (Å²) in [6.45, 7) is 2.28. The minimum atomic E-state index is 0.181. The summed E-state index contributed by atoms with van der Waals surface area (Å²) >= 11 is 0. The summed E-state index contributed by atoms with van der Waals surface area (Å²) in [5, 5.41) is 0.981. The van der Waals surface area contributed by atoms with E-state index in [1.807, 2.05) is 24.3 Å². The average molecular weight is 297 g/mol. The molecule has 1 aromatic heterocycles. The summed E-state index contributed by atoms with van der Waals surface area (Å²) in [7, 11) is 3.23. The second-order valence-electron chi connectivity index (χ2n) is 5.11. The Morgan fingerprint density at radius 3 is 2.59 bits per heavy atom. The SMILES string of the molecule is COCOc1c(OC)ccc2[nH]c(-c3ccccc3C)cc12. The Balaban J connectivity index is 2.15. The fourth-order valence-corrected chi connectivity index (χ4v) is 2.60. The Morgan fingerprint density at radius 2 is 1.86 bits per heavy atom. The van der Waals surface area contributed by atoms with Gasteiger partial charge >= 0.3 is 0 Å². The molecule has 3 aromatic rings. The Hall–Kier alpha value is -2.46. The Morgan fingerprint density at radius 1 is 1.05 bits per heavy atom. The minimum Gasteiger partial charge on any atom is -0.493 e. The van der Waals surface area contributed by atoms with Crippen LogP contribution in [0.15, 0.2) is 42.5 Å². The van der Waals surface area contributed by atoms with Crippen molar-refractivity contribution in [2.24, 2.45) is 0 Å². The molecular formula is C18H19NO3. The first-order valence-corrected chi connectivity index (χ1v) is 7.12. The predicted molar refractivity (Wildman–Crippen MR) is 87.5 cm³/mol. The largest absolute Gasteiger partial charge is 0.493 e. The van der Waals surface area contributed by atoms with E-state index >= 15 is 0 Å². The van der Waals surface area contributed by atoms with E-state index in [2.05, 4.69) is 30.1 Å². The van der Waals surface area contributed by atoms with E-state index in [0.29, 0.717) is 11.5 Å². The van der Waals surface area contributed by atoms with Crippen LogP contribution in [0.5, 0.6) is 11.5 Å². The molecule has 0 radical (unpaired) electrons. The molecule has 1 N–H and O–H groups in total. The number of benzene rings is 2. The van der Waals surface area contributed by atoms with Crippen LogP contribution in [0.4, 0.5) is 0 Å². The maximum Gasteiger partial charge on any atom is 0.188 e. The van der Waals surface area contributed by atoms with E-state index < -0.39 is 0 Å². The van der Waals surface area contributed by atoms with Crippen molar-refractivity contribution in [2.45, 2.75) is 6.92 Å². The van der Waals surface area contributed by atoms with Gasteiger partial charge in [0.2, 0.25) is 0 Å². The van der Waals surface area contributed by atoms with Crippen molar-refractivity contribution < 1.29 is 14.2 Å². The third-order valence-electron chi connectivity index (χ3n) is 3.69. The zero-order valence-corrected chi connectivity index (χ0v) is 13.0. The molecule has 0 aliphatic heterocycles. The number of methoxy groups -OCH3 is 2. The van der Waals surface area contributed by atoms with Crippen LogP contribution in [-0.4, -0.2) is 26.0 Å².